The van der Waals surface area contributed by atoms with Gasteiger partial charge in [-0.05, 0) is 17.2 Å². The molecule has 6 heteroatoms. The van der Waals surface area contributed by atoms with E-state index in [4.69, 9.17) is 0 Å². The average Bonchev–Trinajstić information content (AvgIpc) is 2.73. The number of pyridine rings is 1. The zero-order valence-electron chi connectivity index (χ0n) is 15.2. The largest absolute Gasteiger partial charge is 0.386 e. The number of nitrogens with one attached hydrogen (secondary N) is 1. The highest BCUT2D eigenvalue weighted by Gasteiger charge is 2.23. The monoisotopic (exact) mass is 361 g/mol. The van der Waals surface area contributed by atoms with Gasteiger partial charge in [0.1, 0.15) is 11.6 Å². The molecule has 2 aromatic rings. The van der Waals surface area contributed by atoms with Crippen molar-refractivity contribution >= 4 is 5.91 Å². The van der Waals surface area contributed by atoms with Crippen LogP contribution in [0.5, 0.6) is 0 Å². The number of aromatic nitrogens is 1. The van der Waals surface area contributed by atoms with Crippen LogP contribution in [0, 0.1) is 11.3 Å². The van der Waals surface area contributed by atoms with Crippen LogP contribution in [0.25, 0.3) is 0 Å². The molecule has 0 spiro atoms. The lowest BCUT2D eigenvalue weighted by Gasteiger charge is -2.34. The molecule has 1 amide bonds. The van der Waals surface area contributed by atoms with E-state index >= 15 is 0 Å². The Kier molecular flexibility index (Phi) is 6.55. The van der Waals surface area contributed by atoms with Crippen molar-refractivity contribution in [3.8, 4) is 6.07 Å². The molecule has 1 fully saturated rings. The van der Waals surface area contributed by atoms with Crippen LogP contribution in [0.1, 0.15) is 11.1 Å². The van der Waals surface area contributed by atoms with Crippen molar-refractivity contribution in [2.75, 3.05) is 26.2 Å². The molecule has 0 atom stereocenters. The van der Waals surface area contributed by atoms with Gasteiger partial charge < -0.3 is 10.2 Å². The van der Waals surface area contributed by atoms with Crippen LogP contribution in [-0.4, -0.2) is 46.9 Å². The normalized spacial score (nSPS) is 15.2. The van der Waals surface area contributed by atoms with E-state index in [2.05, 4.69) is 27.3 Å². The molecule has 2 heterocycles. The number of nitriles is 1. The highest BCUT2D eigenvalue weighted by molar-refractivity contribution is 5.97. The first kappa shape index (κ1) is 18.6. The predicted octanol–water partition coefficient (Wildman–Crippen LogP) is 1.92. The van der Waals surface area contributed by atoms with E-state index in [1.165, 1.54) is 11.8 Å². The van der Waals surface area contributed by atoms with Crippen molar-refractivity contribution < 1.29 is 4.79 Å². The molecule has 3 rings (SSSR count). The van der Waals surface area contributed by atoms with Gasteiger partial charge in [-0.25, -0.2) is 0 Å². The third kappa shape index (κ3) is 5.40. The summed E-state index contributed by atoms with van der Waals surface area (Å²) in [4.78, 5) is 20.7. The second-order valence-corrected chi connectivity index (χ2v) is 6.47. The van der Waals surface area contributed by atoms with Gasteiger partial charge in [-0.1, -0.05) is 36.4 Å². The summed E-state index contributed by atoms with van der Waals surface area (Å²) in [5, 5.41) is 12.4. The van der Waals surface area contributed by atoms with E-state index < -0.39 is 0 Å². The Hall–Kier alpha value is -3.17. The summed E-state index contributed by atoms with van der Waals surface area (Å²) in [6.07, 6.45) is 4.97. The molecule has 0 unspecified atom stereocenters. The van der Waals surface area contributed by atoms with Crippen molar-refractivity contribution in [1.29, 1.82) is 5.26 Å². The molecule has 0 bridgehead atoms. The number of amides is 1. The van der Waals surface area contributed by atoms with Crippen LogP contribution < -0.4 is 5.32 Å². The van der Waals surface area contributed by atoms with E-state index in [1.807, 2.05) is 36.4 Å². The van der Waals surface area contributed by atoms with E-state index in [9.17, 15) is 10.1 Å². The maximum absolute atomic E-state index is 12.6. The van der Waals surface area contributed by atoms with E-state index in [0.717, 1.165) is 25.2 Å². The maximum atomic E-state index is 12.6. The maximum Gasteiger partial charge on any atom is 0.266 e. The highest BCUT2D eigenvalue weighted by atomic mass is 16.2. The van der Waals surface area contributed by atoms with Gasteiger partial charge in [-0.3, -0.25) is 14.7 Å². The van der Waals surface area contributed by atoms with Gasteiger partial charge in [0.2, 0.25) is 0 Å². The molecule has 0 saturated carbocycles. The summed E-state index contributed by atoms with van der Waals surface area (Å²) in [6, 6.07) is 16.1. The number of carbonyl (C=O) groups is 1. The fraction of sp³-hybridized carbons (Fsp3) is 0.286. The minimum Gasteiger partial charge on any atom is -0.386 e. The number of hydrogen-bond acceptors (Lipinski definition) is 5. The van der Waals surface area contributed by atoms with Crippen LogP contribution in [-0.2, 0) is 17.9 Å². The second kappa shape index (κ2) is 9.51. The van der Waals surface area contributed by atoms with Crippen LogP contribution in [0.4, 0.5) is 0 Å². The third-order valence-electron chi connectivity index (χ3n) is 4.53. The molecule has 1 aliphatic rings. The van der Waals surface area contributed by atoms with Gasteiger partial charge in [0.15, 0.2) is 0 Å². The summed E-state index contributed by atoms with van der Waals surface area (Å²) >= 11 is 0. The molecule has 0 radical (unpaired) electrons. The molecule has 1 aromatic heterocycles. The Morgan fingerprint density at radius 1 is 1.11 bits per heavy atom. The van der Waals surface area contributed by atoms with Gasteiger partial charge in [0.25, 0.3) is 5.91 Å². The quantitative estimate of drug-likeness (QED) is 0.629. The summed E-state index contributed by atoms with van der Waals surface area (Å²) in [7, 11) is 0. The number of carbonyl (C=O) groups excluding carboxylic acids is 1. The summed E-state index contributed by atoms with van der Waals surface area (Å²) in [6.45, 7) is 4.29. The Morgan fingerprint density at radius 3 is 2.52 bits per heavy atom. The fourth-order valence-corrected chi connectivity index (χ4v) is 3.04. The zero-order valence-corrected chi connectivity index (χ0v) is 15.2. The molecular weight excluding hydrogens is 338 g/mol. The number of nitrogens with zero attached hydrogens (tertiary/aromatic N) is 4. The minimum atomic E-state index is -0.212. The summed E-state index contributed by atoms with van der Waals surface area (Å²) in [5.74, 6) is -0.212. The number of benzene rings is 1. The van der Waals surface area contributed by atoms with E-state index in [-0.39, 0.29) is 11.5 Å². The first-order valence-corrected chi connectivity index (χ1v) is 9.04. The van der Waals surface area contributed by atoms with Crippen molar-refractivity contribution in [1.82, 2.24) is 20.1 Å². The minimum absolute atomic E-state index is 0.135. The predicted molar refractivity (Wildman–Crippen MR) is 103 cm³/mol. The fourth-order valence-electron chi connectivity index (χ4n) is 3.04. The Bertz CT molecular complexity index is 805. The number of rotatable bonds is 6. The van der Waals surface area contributed by atoms with Crippen molar-refractivity contribution in [2.24, 2.45) is 0 Å². The first-order chi connectivity index (χ1) is 13.3. The number of piperazine rings is 1. The lowest BCUT2D eigenvalue weighted by molar-refractivity contribution is -0.128. The molecule has 1 aliphatic heterocycles. The Balaban J connectivity index is 1.49. The second-order valence-electron chi connectivity index (χ2n) is 6.47. The van der Waals surface area contributed by atoms with E-state index in [0.29, 0.717) is 19.6 Å². The van der Waals surface area contributed by atoms with Gasteiger partial charge in [-0.2, -0.15) is 5.26 Å². The third-order valence-corrected chi connectivity index (χ3v) is 4.53. The molecule has 0 aliphatic carbocycles. The first-order valence-electron chi connectivity index (χ1n) is 9.04. The molecule has 27 heavy (non-hydrogen) atoms. The molecule has 1 aromatic carbocycles. The van der Waals surface area contributed by atoms with Crippen molar-refractivity contribution in [2.45, 2.75) is 13.1 Å². The van der Waals surface area contributed by atoms with Gasteiger partial charge in [-0.15, -0.1) is 0 Å². The summed E-state index contributed by atoms with van der Waals surface area (Å²) in [5.41, 5.74) is 2.40. The smallest absolute Gasteiger partial charge is 0.266 e. The molecule has 1 saturated heterocycles. The highest BCUT2D eigenvalue weighted by Crippen LogP contribution is 2.10. The van der Waals surface area contributed by atoms with Crippen LogP contribution >= 0.6 is 0 Å². The Morgan fingerprint density at radius 2 is 1.85 bits per heavy atom. The van der Waals surface area contributed by atoms with E-state index in [1.54, 1.807) is 17.3 Å². The average molecular weight is 361 g/mol. The van der Waals surface area contributed by atoms with Crippen LogP contribution in [0.2, 0.25) is 0 Å². The standard InChI is InChI=1S/C21H23N5O/c22-13-20(16-24-15-19-7-4-8-23-14-19)21(27)26-11-9-25(10-12-26)17-18-5-2-1-3-6-18/h1-8,14,16,24H,9-12,15,17H2/b20-16-. The zero-order chi connectivity index (χ0) is 18.9. The van der Waals surface area contributed by atoms with Crippen LogP contribution in [0.3, 0.4) is 0 Å². The van der Waals surface area contributed by atoms with Crippen LogP contribution in [0.15, 0.2) is 66.6 Å². The lowest BCUT2D eigenvalue weighted by Crippen LogP contribution is -2.48. The molecule has 138 valence electrons. The lowest BCUT2D eigenvalue weighted by atomic mass is 10.2. The molecular formula is C21H23N5O. The SMILES string of the molecule is N#C/C(=C/NCc1cccnc1)C(=O)N1CCN(Cc2ccccc2)CC1. The van der Waals surface area contributed by atoms with Crippen molar-refractivity contribution in [3.63, 3.8) is 0 Å². The van der Waals surface area contributed by atoms with Crippen molar-refractivity contribution in [3.05, 3.63) is 77.8 Å². The van der Waals surface area contributed by atoms with Gasteiger partial charge in [0, 0.05) is 57.9 Å². The Labute approximate surface area is 159 Å². The molecule has 6 nitrogen and oxygen atoms in total. The number of hydrogen-bond donors (Lipinski definition) is 1. The summed E-state index contributed by atoms with van der Waals surface area (Å²) < 4.78 is 0. The van der Waals surface area contributed by atoms with Gasteiger partial charge >= 0.3 is 0 Å². The van der Waals surface area contributed by atoms with Gasteiger partial charge in [0.05, 0.1) is 0 Å². The topological polar surface area (TPSA) is 72.3 Å². The molecule has 1 N–H and O–H groups in total.